The summed E-state index contributed by atoms with van der Waals surface area (Å²) in [6, 6.07) is 12.8. The first-order chi connectivity index (χ1) is 14.4. The molecule has 0 spiro atoms. The molecule has 150 valence electrons. The zero-order chi connectivity index (χ0) is 21.4. The molecule has 0 bridgehead atoms. The predicted octanol–water partition coefficient (Wildman–Crippen LogP) is 4.75. The number of pyridine rings is 1. The molecule has 2 aromatic carbocycles. The molecule has 1 N–H and O–H groups in total. The lowest BCUT2D eigenvalue weighted by atomic mass is 9.98. The van der Waals surface area contributed by atoms with Crippen LogP contribution in [-0.4, -0.2) is 21.8 Å². The van der Waals surface area contributed by atoms with Crippen LogP contribution in [0.3, 0.4) is 0 Å². The van der Waals surface area contributed by atoms with E-state index in [1.165, 1.54) is 6.20 Å². The van der Waals surface area contributed by atoms with E-state index >= 15 is 0 Å². The number of anilines is 1. The van der Waals surface area contributed by atoms with Crippen LogP contribution in [-0.2, 0) is 9.59 Å². The number of rotatable bonds is 3. The minimum Gasteiger partial charge on any atom is -0.507 e. The molecule has 1 fully saturated rings. The number of hydrogen-bond acceptors (Lipinski definition) is 4. The van der Waals surface area contributed by atoms with E-state index in [1.807, 2.05) is 0 Å². The molecule has 0 saturated carbocycles. The second-order valence-corrected chi connectivity index (χ2v) is 7.44. The van der Waals surface area contributed by atoms with Crippen LogP contribution < -0.4 is 4.90 Å². The first kappa shape index (κ1) is 19.9. The van der Waals surface area contributed by atoms with Crippen molar-refractivity contribution in [3.8, 4) is 0 Å². The van der Waals surface area contributed by atoms with Gasteiger partial charge in [-0.15, -0.1) is 0 Å². The Morgan fingerprint density at radius 3 is 2.40 bits per heavy atom. The maximum atomic E-state index is 14.5. The number of carbonyl (C=O) groups excluding carboxylic acids is 2. The Labute approximate surface area is 178 Å². The van der Waals surface area contributed by atoms with Gasteiger partial charge in [0, 0.05) is 22.3 Å². The number of amides is 1. The van der Waals surface area contributed by atoms with Crippen LogP contribution in [0.25, 0.3) is 5.76 Å². The molecule has 3 aromatic rings. The quantitative estimate of drug-likeness (QED) is 0.340. The van der Waals surface area contributed by atoms with Crippen LogP contribution in [0.1, 0.15) is 17.3 Å². The summed E-state index contributed by atoms with van der Waals surface area (Å²) in [6.07, 6.45) is 1.45. The van der Waals surface area contributed by atoms with Crippen molar-refractivity contribution in [1.82, 2.24) is 4.98 Å². The van der Waals surface area contributed by atoms with Gasteiger partial charge in [0.1, 0.15) is 23.4 Å². The van der Waals surface area contributed by atoms with Crippen molar-refractivity contribution in [2.24, 2.45) is 0 Å². The average Bonchev–Trinajstić information content (AvgIpc) is 3.00. The fourth-order valence-electron chi connectivity index (χ4n) is 3.34. The zero-order valence-corrected chi connectivity index (χ0v) is 16.8. The molecule has 1 amide bonds. The Bertz CT molecular complexity index is 1180. The summed E-state index contributed by atoms with van der Waals surface area (Å²) in [7, 11) is 0. The van der Waals surface area contributed by atoms with Gasteiger partial charge in [0.15, 0.2) is 0 Å². The maximum absolute atomic E-state index is 14.5. The van der Waals surface area contributed by atoms with Crippen LogP contribution in [0.15, 0.2) is 76.9 Å². The number of halogens is 3. The highest BCUT2D eigenvalue weighted by atomic mass is 79.9. The van der Waals surface area contributed by atoms with Crippen molar-refractivity contribution in [2.45, 2.75) is 6.04 Å². The number of aromatic nitrogens is 1. The topological polar surface area (TPSA) is 70.5 Å². The van der Waals surface area contributed by atoms with Gasteiger partial charge in [0.05, 0.1) is 17.0 Å². The Balaban J connectivity index is 1.96. The van der Waals surface area contributed by atoms with Gasteiger partial charge in [-0.1, -0.05) is 34.1 Å². The van der Waals surface area contributed by atoms with E-state index < -0.39 is 35.1 Å². The molecule has 5 nitrogen and oxygen atoms in total. The first-order valence-electron chi connectivity index (χ1n) is 8.81. The summed E-state index contributed by atoms with van der Waals surface area (Å²) in [5, 5.41) is 10.9. The van der Waals surface area contributed by atoms with Crippen LogP contribution >= 0.6 is 15.9 Å². The highest BCUT2D eigenvalue weighted by Crippen LogP contribution is 2.42. The van der Waals surface area contributed by atoms with Gasteiger partial charge in [-0.05, 0) is 36.4 Å². The molecule has 8 heteroatoms. The lowest BCUT2D eigenvalue weighted by Gasteiger charge is -2.24. The van der Waals surface area contributed by atoms with Crippen molar-refractivity contribution >= 4 is 39.1 Å². The van der Waals surface area contributed by atoms with E-state index in [0.717, 1.165) is 21.5 Å². The van der Waals surface area contributed by atoms with Gasteiger partial charge in [0.2, 0.25) is 0 Å². The molecule has 1 aliphatic heterocycles. The standard InChI is InChI=1S/C22H13BrF2N2O3/c23-13-6-4-12(5-7-13)20(28)18-19(16-3-1-2-10-26-16)27(22(30)21(18)29)17-9-8-14(24)11-15(17)25/h1-11,19,28H/b20-18+. The number of nitrogens with zero attached hydrogens (tertiary/aromatic N) is 2. The second-order valence-electron chi connectivity index (χ2n) is 6.53. The summed E-state index contributed by atoms with van der Waals surface area (Å²) in [5.41, 5.74) is 0.0320. The fraction of sp³-hybridized carbons (Fsp3) is 0.0455. The third-order valence-corrected chi connectivity index (χ3v) is 5.23. The molecule has 4 rings (SSSR count). The lowest BCUT2D eigenvalue weighted by molar-refractivity contribution is -0.132. The summed E-state index contributed by atoms with van der Waals surface area (Å²) in [4.78, 5) is 30.8. The number of benzene rings is 2. The Morgan fingerprint density at radius 1 is 1.03 bits per heavy atom. The van der Waals surface area contributed by atoms with Crippen LogP contribution in [0, 0.1) is 11.6 Å². The number of aliphatic hydroxyl groups is 1. The number of carbonyl (C=O) groups is 2. The van der Waals surface area contributed by atoms with Gasteiger partial charge in [-0.2, -0.15) is 0 Å². The lowest BCUT2D eigenvalue weighted by Crippen LogP contribution is -2.30. The molecular formula is C22H13BrF2N2O3. The van der Waals surface area contributed by atoms with E-state index in [1.54, 1.807) is 42.5 Å². The monoisotopic (exact) mass is 470 g/mol. The van der Waals surface area contributed by atoms with Crippen molar-refractivity contribution in [1.29, 1.82) is 0 Å². The van der Waals surface area contributed by atoms with Crippen molar-refractivity contribution in [3.05, 3.63) is 99.8 Å². The van der Waals surface area contributed by atoms with Crippen molar-refractivity contribution < 1.29 is 23.5 Å². The van der Waals surface area contributed by atoms with Gasteiger partial charge < -0.3 is 5.11 Å². The number of ketones is 1. The largest absolute Gasteiger partial charge is 0.507 e. The molecule has 0 radical (unpaired) electrons. The van der Waals surface area contributed by atoms with Crippen molar-refractivity contribution in [3.63, 3.8) is 0 Å². The van der Waals surface area contributed by atoms with Crippen LogP contribution in [0.2, 0.25) is 0 Å². The minimum absolute atomic E-state index is 0.232. The van der Waals surface area contributed by atoms with E-state index in [4.69, 9.17) is 0 Å². The smallest absolute Gasteiger partial charge is 0.300 e. The number of hydrogen-bond donors (Lipinski definition) is 1. The summed E-state index contributed by atoms with van der Waals surface area (Å²) < 4.78 is 28.7. The Kier molecular flexibility index (Phi) is 5.17. The van der Waals surface area contributed by atoms with Gasteiger partial charge in [-0.25, -0.2) is 8.78 Å². The molecule has 2 heterocycles. The fourth-order valence-corrected chi connectivity index (χ4v) is 3.60. The SMILES string of the molecule is O=C1C(=O)N(c2ccc(F)cc2F)C(c2ccccn2)/C1=C(\O)c1ccc(Br)cc1. The molecule has 1 unspecified atom stereocenters. The van der Waals surface area contributed by atoms with E-state index in [2.05, 4.69) is 20.9 Å². The number of Topliss-reactive ketones (excluding diaryl/α,β-unsaturated/α-hetero) is 1. The minimum atomic E-state index is -1.19. The molecule has 1 saturated heterocycles. The zero-order valence-electron chi connectivity index (χ0n) is 15.2. The summed E-state index contributed by atoms with van der Waals surface area (Å²) in [6.45, 7) is 0. The molecule has 30 heavy (non-hydrogen) atoms. The Hall–Kier alpha value is -3.39. The summed E-state index contributed by atoms with van der Waals surface area (Å²) in [5.74, 6) is -4.29. The molecule has 1 aliphatic rings. The van der Waals surface area contributed by atoms with E-state index in [-0.39, 0.29) is 17.0 Å². The predicted molar refractivity (Wildman–Crippen MR) is 110 cm³/mol. The van der Waals surface area contributed by atoms with Gasteiger partial charge in [0.25, 0.3) is 11.7 Å². The van der Waals surface area contributed by atoms with E-state index in [9.17, 15) is 23.5 Å². The molecule has 0 aliphatic carbocycles. The molecule has 1 aromatic heterocycles. The normalized spacial score (nSPS) is 18.1. The van der Waals surface area contributed by atoms with Crippen LogP contribution in [0.4, 0.5) is 14.5 Å². The third kappa shape index (κ3) is 3.39. The summed E-state index contributed by atoms with van der Waals surface area (Å²) >= 11 is 3.29. The number of aliphatic hydroxyl groups excluding tert-OH is 1. The highest BCUT2D eigenvalue weighted by molar-refractivity contribution is 9.10. The van der Waals surface area contributed by atoms with E-state index in [0.29, 0.717) is 11.6 Å². The second kappa shape index (κ2) is 7.79. The Morgan fingerprint density at radius 2 is 1.77 bits per heavy atom. The highest BCUT2D eigenvalue weighted by Gasteiger charge is 2.48. The first-order valence-corrected chi connectivity index (χ1v) is 9.60. The van der Waals surface area contributed by atoms with Crippen LogP contribution in [0.5, 0.6) is 0 Å². The average molecular weight is 471 g/mol. The van der Waals surface area contributed by atoms with Crippen molar-refractivity contribution in [2.75, 3.05) is 4.90 Å². The molecular weight excluding hydrogens is 458 g/mol. The molecule has 1 atom stereocenters. The maximum Gasteiger partial charge on any atom is 0.300 e. The third-order valence-electron chi connectivity index (χ3n) is 4.70. The van der Waals surface area contributed by atoms with Gasteiger partial charge in [-0.3, -0.25) is 19.5 Å². The van der Waals surface area contributed by atoms with Gasteiger partial charge >= 0.3 is 0 Å².